The maximum absolute atomic E-state index is 13.3. The van der Waals surface area contributed by atoms with Crippen LogP contribution in [0.3, 0.4) is 0 Å². The van der Waals surface area contributed by atoms with Crippen molar-refractivity contribution in [3.63, 3.8) is 0 Å². The highest BCUT2D eigenvalue weighted by molar-refractivity contribution is 7.20. The minimum Gasteiger partial charge on any atom is -0.370 e. The van der Waals surface area contributed by atoms with Crippen molar-refractivity contribution in [2.45, 2.75) is 53.0 Å². The minimum atomic E-state index is -0.398. The summed E-state index contributed by atoms with van der Waals surface area (Å²) in [6.07, 6.45) is 0.667. The Kier molecular flexibility index (Phi) is 6.36. The molecule has 0 aliphatic heterocycles. The maximum atomic E-state index is 13.3. The lowest BCUT2D eigenvalue weighted by Crippen LogP contribution is -2.27. The van der Waals surface area contributed by atoms with Crippen LogP contribution in [0.1, 0.15) is 59.2 Å². The number of amides is 2. The lowest BCUT2D eigenvalue weighted by atomic mass is 10.1. The van der Waals surface area contributed by atoms with Gasteiger partial charge in [-0.3, -0.25) is 19.0 Å². The van der Waals surface area contributed by atoms with Crippen LogP contribution in [0.15, 0.2) is 29.1 Å². The third kappa shape index (κ3) is 4.28. The number of nitrogens with two attached hydrogens (primary N) is 1. The Balaban J connectivity index is 2.05. The number of hydrogen-bond acceptors (Lipinski definition) is 5. The number of carbonyl (C=O) groups excluding carboxylic acids is 2. The number of benzene rings is 1. The van der Waals surface area contributed by atoms with Crippen LogP contribution in [-0.2, 0) is 11.3 Å². The molecule has 0 radical (unpaired) electrons. The molecule has 0 aliphatic rings. The molecule has 0 spiro atoms. The molecule has 0 saturated heterocycles. The van der Waals surface area contributed by atoms with E-state index in [1.165, 1.54) is 11.3 Å². The second-order valence-electron chi connectivity index (χ2n) is 7.66. The molecule has 0 aliphatic carbocycles. The first-order chi connectivity index (χ1) is 14.2. The minimum absolute atomic E-state index is 0.0160. The number of primary amides is 1. The largest absolute Gasteiger partial charge is 0.370 e. The number of nitrogens with zero attached hydrogens (tertiary/aromatic N) is 2. The number of hydrogen-bond donors (Lipinski definition) is 2. The summed E-state index contributed by atoms with van der Waals surface area (Å²) in [6, 6.07) is 7.54. The molecule has 30 heavy (non-hydrogen) atoms. The third-order valence-electron chi connectivity index (χ3n) is 5.00. The van der Waals surface area contributed by atoms with Crippen LogP contribution in [0.5, 0.6) is 0 Å². The summed E-state index contributed by atoms with van der Waals surface area (Å²) < 4.78 is 1.61. The van der Waals surface area contributed by atoms with Gasteiger partial charge < -0.3 is 11.1 Å². The number of rotatable bonds is 7. The number of thiophene rings is 1. The highest BCUT2D eigenvalue weighted by atomic mass is 32.1. The Morgan fingerprint density at radius 3 is 2.57 bits per heavy atom. The molecule has 0 unspecified atom stereocenters. The van der Waals surface area contributed by atoms with Crippen molar-refractivity contribution in [2.24, 2.45) is 5.73 Å². The van der Waals surface area contributed by atoms with Crippen molar-refractivity contribution in [1.29, 1.82) is 0 Å². The van der Waals surface area contributed by atoms with Gasteiger partial charge in [-0.15, -0.1) is 11.3 Å². The Bertz CT molecular complexity index is 1180. The fourth-order valence-electron chi connectivity index (χ4n) is 3.41. The molecule has 2 aromatic heterocycles. The van der Waals surface area contributed by atoms with E-state index in [1.54, 1.807) is 11.5 Å². The topological polar surface area (TPSA) is 107 Å². The third-order valence-corrected chi connectivity index (χ3v) is 6.19. The average molecular weight is 427 g/mol. The molecule has 0 bridgehead atoms. The summed E-state index contributed by atoms with van der Waals surface area (Å²) >= 11 is 1.23. The van der Waals surface area contributed by atoms with Gasteiger partial charge in [0.25, 0.3) is 11.5 Å². The van der Waals surface area contributed by atoms with Gasteiger partial charge in [0.1, 0.15) is 10.7 Å². The monoisotopic (exact) mass is 426 g/mol. The Morgan fingerprint density at radius 2 is 1.93 bits per heavy atom. The lowest BCUT2D eigenvalue weighted by molar-refractivity contribution is -0.118. The first-order valence-corrected chi connectivity index (χ1v) is 10.7. The van der Waals surface area contributed by atoms with E-state index < -0.39 is 5.91 Å². The van der Waals surface area contributed by atoms with E-state index in [9.17, 15) is 14.4 Å². The van der Waals surface area contributed by atoms with Gasteiger partial charge >= 0.3 is 0 Å². The van der Waals surface area contributed by atoms with E-state index in [4.69, 9.17) is 10.7 Å². The Morgan fingerprint density at radius 1 is 1.23 bits per heavy atom. The second kappa shape index (κ2) is 8.79. The van der Waals surface area contributed by atoms with E-state index in [0.717, 1.165) is 11.3 Å². The molecule has 0 atom stereocenters. The summed E-state index contributed by atoms with van der Waals surface area (Å²) in [7, 11) is 0. The van der Waals surface area contributed by atoms with Gasteiger partial charge in [0, 0.05) is 24.6 Å². The van der Waals surface area contributed by atoms with Crippen LogP contribution < -0.4 is 16.6 Å². The number of nitrogens with one attached hydrogen (secondary N) is 1. The van der Waals surface area contributed by atoms with E-state index >= 15 is 0 Å². The average Bonchev–Trinajstić information content (AvgIpc) is 3.01. The number of fused-ring (bicyclic) bond motifs is 1. The second-order valence-corrected chi connectivity index (χ2v) is 8.66. The number of aromatic nitrogens is 2. The van der Waals surface area contributed by atoms with Crippen molar-refractivity contribution in [3.05, 3.63) is 56.4 Å². The highest BCUT2D eigenvalue weighted by Gasteiger charge is 2.22. The zero-order valence-electron chi connectivity index (χ0n) is 17.6. The molecule has 3 aromatic rings. The molecule has 3 rings (SSSR count). The van der Waals surface area contributed by atoms with Gasteiger partial charge in [-0.05, 0) is 37.5 Å². The normalized spacial score (nSPS) is 11.2. The van der Waals surface area contributed by atoms with Crippen molar-refractivity contribution < 1.29 is 9.59 Å². The van der Waals surface area contributed by atoms with Crippen LogP contribution in [0.2, 0.25) is 0 Å². The van der Waals surface area contributed by atoms with Gasteiger partial charge in [0.05, 0.1) is 10.3 Å². The van der Waals surface area contributed by atoms with E-state index in [2.05, 4.69) is 5.32 Å². The van der Waals surface area contributed by atoms with Crippen molar-refractivity contribution >= 4 is 39.1 Å². The predicted molar refractivity (Wildman–Crippen MR) is 120 cm³/mol. The van der Waals surface area contributed by atoms with Gasteiger partial charge in [0.15, 0.2) is 0 Å². The Labute approximate surface area is 178 Å². The van der Waals surface area contributed by atoms with Crippen LogP contribution in [0.25, 0.3) is 10.2 Å². The lowest BCUT2D eigenvalue weighted by Gasteiger charge is -2.14. The summed E-state index contributed by atoms with van der Waals surface area (Å²) in [6.45, 7) is 7.99. The van der Waals surface area contributed by atoms with E-state index in [-0.39, 0.29) is 23.8 Å². The van der Waals surface area contributed by atoms with Crippen LogP contribution in [0, 0.1) is 13.8 Å². The SMILES string of the molecule is Cc1ccccc1NC(=O)c1sc2nc(C(C)C)n(CCCC(N)=O)c(=O)c2c1C. The molecule has 158 valence electrons. The first-order valence-electron chi connectivity index (χ1n) is 9.89. The number of carbonyl (C=O) groups is 2. The van der Waals surface area contributed by atoms with Gasteiger partial charge in [-0.25, -0.2) is 4.98 Å². The molecule has 0 fully saturated rings. The van der Waals surface area contributed by atoms with Crippen molar-refractivity contribution in [1.82, 2.24) is 9.55 Å². The number of aryl methyl sites for hydroxylation is 2. The fraction of sp³-hybridized carbons (Fsp3) is 0.364. The molecule has 8 heteroatoms. The molecule has 1 aromatic carbocycles. The highest BCUT2D eigenvalue weighted by Crippen LogP contribution is 2.29. The van der Waals surface area contributed by atoms with Gasteiger partial charge in [-0.2, -0.15) is 0 Å². The summed E-state index contributed by atoms with van der Waals surface area (Å²) in [5.74, 6) is 0.00652. The quantitative estimate of drug-likeness (QED) is 0.600. The van der Waals surface area contributed by atoms with Crippen molar-refractivity contribution in [2.75, 3.05) is 5.32 Å². The van der Waals surface area contributed by atoms with Gasteiger partial charge in [-0.1, -0.05) is 32.0 Å². The summed E-state index contributed by atoms with van der Waals surface area (Å²) in [5, 5.41) is 3.39. The first kappa shape index (κ1) is 21.7. The molecule has 7 nitrogen and oxygen atoms in total. The standard InChI is InChI=1S/C22H26N4O3S/c1-12(2)19-25-21-17(22(29)26(19)11-7-10-16(23)27)14(4)18(30-21)20(28)24-15-9-6-5-8-13(15)3/h5-6,8-9,12H,7,10-11H2,1-4H3,(H2,23,27)(H,24,28). The fourth-order valence-corrected chi connectivity index (χ4v) is 4.48. The molecule has 0 saturated carbocycles. The zero-order valence-corrected chi connectivity index (χ0v) is 18.4. The molecular formula is C22H26N4O3S. The predicted octanol–water partition coefficient (Wildman–Crippen LogP) is 3.72. The number of para-hydroxylation sites is 1. The van der Waals surface area contributed by atoms with Crippen molar-refractivity contribution in [3.8, 4) is 0 Å². The molecular weight excluding hydrogens is 400 g/mol. The van der Waals surface area contributed by atoms with E-state index in [0.29, 0.717) is 39.4 Å². The zero-order chi connectivity index (χ0) is 22.0. The molecule has 3 N–H and O–H groups in total. The van der Waals surface area contributed by atoms with Crippen LogP contribution >= 0.6 is 11.3 Å². The maximum Gasteiger partial charge on any atom is 0.266 e. The van der Waals surface area contributed by atoms with E-state index in [1.807, 2.05) is 45.0 Å². The summed E-state index contributed by atoms with van der Waals surface area (Å²) in [4.78, 5) is 43.0. The molecule has 2 heterocycles. The smallest absolute Gasteiger partial charge is 0.266 e. The Hall–Kier alpha value is -3.00. The molecule has 2 amide bonds. The van der Waals surface area contributed by atoms with Gasteiger partial charge in [0.2, 0.25) is 5.91 Å². The number of anilines is 1. The van der Waals surface area contributed by atoms with Crippen LogP contribution in [-0.4, -0.2) is 21.4 Å². The van der Waals surface area contributed by atoms with Crippen LogP contribution in [0.4, 0.5) is 5.69 Å². The summed E-state index contributed by atoms with van der Waals surface area (Å²) in [5.41, 5.74) is 7.37.